The molecular formula is C7H17NO2Si. The third-order valence-electron chi connectivity index (χ3n) is 1.55. The topological polar surface area (TPSA) is 52.3 Å². The van der Waals surface area contributed by atoms with Gasteiger partial charge >= 0.3 is 0 Å². The summed E-state index contributed by atoms with van der Waals surface area (Å²) >= 11 is 0. The van der Waals surface area contributed by atoms with E-state index in [0.717, 1.165) is 0 Å². The van der Waals surface area contributed by atoms with Crippen LogP contribution in [-0.4, -0.2) is 26.9 Å². The molecule has 0 rings (SSSR count). The molecule has 0 saturated heterocycles. The normalized spacial score (nSPS) is 11.6. The van der Waals surface area contributed by atoms with Crippen LogP contribution in [0.25, 0.3) is 0 Å². The Hall–Kier alpha value is -0.193. The van der Waals surface area contributed by atoms with Crippen molar-refractivity contribution in [3.63, 3.8) is 0 Å². The second kappa shape index (κ2) is 4.64. The highest BCUT2D eigenvalue weighted by atomic mass is 28.4. The Bertz CT molecular complexity index is 136. The predicted molar refractivity (Wildman–Crippen MR) is 47.8 cm³/mol. The molecule has 0 aliphatic heterocycles. The molecule has 0 fully saturated rings. The van der Waals surface area contributed by atoms with Crippen LogP contribution in [0.4, 0.5) is 0 Å². The minimum absolute atomic E-state index is 0.210. The molecule has 0 amide bonds. The van der Waals surface area contributed by atoms with Crippen LogP contribution in [0.2, 0.25) is 13.1 Å². The van der Waals surface area contributed by atoms with Crippen LogP contribution < -0.4 is 5.73 Å². The molecule has 0 aromatic carbocycles. The van der Waals surface area contributed by atoms with Crippen LogP contribution in [0.5, 0.6) is 0 Å². The predicted octanol–water partition coefficient (Wildman–Crippen LogP) is 0.685. The Morgan fingerprint density at radius 3 is 2.45 bits per heavy atom. The molecule has 66 valence electrons. The van der Waals surface area contributed by atoms with Crippen molar-refractivity contribution in [2.24, 2.45) is 5.73 Å². The summed E-state index contributed by atoms with van der Waals surface area (Å²) in [5.41, 5.74) is 5.27. The van der Waals surface area contributed by atoms with Crippen LogP contribution in [0.15, 0.2) is 0 Å². The number of carbonyl (C=O) groups is 1. The number of rotatable bonds is 5. The van der Waals surface area contributed by atoms with Gasteiger partial charge in [-0.15, -0.1) is 0 Å². The molecule has 0 bridgehead atoms. The summed E-state index contributed by atoms with van der Waals surface area (Å²) in [5.74, 6) is 0. The summed E-state index contributed by atoms with van der Waals surface area (Å²) in [6, 6.07) is 0. The molecule has 0 atom stereocenters. The van der Waals surface area contributed by atoms with E-state index in [1.807, 2.05) is 20.0 Å². The Kier molecular flexibility index (Phi) is 4.56. The number of nitrogens with two attached hydrogens (primary N) is 1. The lowest BCUT2D eigenvalue weighted by atomic mass is 10.5. The van der Waals surface area contributed by atoms with Gasteiger partial charge in [-0.2, -0.15) is 0 Å². The van der Waals surface area contributed by atoms with E-state index in [0.29, 0.717) is 19.6 Å². The van der Waals surface area contributed by atoms with Crippen LogP contribution >= 0.6 is 0 Å². The largest absolute Gasteiger partial charge is 0.410 e. The second-order valence-electron chi connectivity index (χ2n) is 2.91. The van der Waals surface area contributed by atoms with Gasteiger partial charge in [0.25, 0.3) is 8.32 Å². The zero-order chi connectivity index (χ0) is 8.91. The fraction of sp³-hybridized carbons (Fsp3) is 0.857. The van der Waals surface area contributed by atoms with Crippen molar-refractivity contribution in [3.8, 4) is 0 Å². The smallest absolute Gasteiger partial charge is 0.258 e. The van der Waals surface area contributed by atoms with Crippen molar-refractivity contribution in [2.45, 2.75) is 26.4 Å². The third kappa shape index (κ3) is 3.64. The van der Waals surface area contributed by atoms with Gasteiger partial charge in [0.15, 0.2) is 0 Å². The number of hydrogen-bond donors (Lipinski definition) is 1. The molecule has 0 aliphatic carbocycles. The van der Waals surface area contributed by atoms with E-state index in [9.17, 15) is 4.79 Å². The highest BCUT2D eigenvalue weighted by Gasteiger charge is 2.30. The molecule has 0 aromatic rings. The fourth-order valence-corrected chi connectivity index (χ4v) is 2.50. The Labute approximate surface area is 69.0 Å². The molecule has 11 heavy (non-hydrogen) atoms. The minimum atomic E-state index is -2.05. The van der Waals surface area contributed by atoms with Gasteiger partial charge in [0.1, 0.15) is 5.41 Å². The van der Waals surface area contributed by atoms with E-state index in [1.54, 1.807) is 0 Å². The van der Waals surface area contributed by atoms with Crippen molar-refractivity contribution in [2.75, 3.05) is 13.2 Å². The number of carbonyl (C=O) groups excluding carboxylic acids is 1. The quantitative estimate of drug-likeness (QED) is 0.625. The molecule has 0 aliphatic rings. The highest BCUT2D eigenvalue weighted by molar-refractivity contribution is 6.99. The van der Waals surface area contributed by atoms with E-state index in [4.69, 9.17) is 10.2 Å². The molecule has 3 nitrogen and oxygen atoms in total. The first-order chi connectivity index (χ1) is 5.04. The summed E-state index contributed by atoms with van der Waals surface area (Å²) in [4.78, 5) is 11.3. The Balaban J connectivity index is 3.94. The van der Waals surface area contributed by atoms with E-state index in [2.05, 4.69) is 0 Å². The zero-order valence-electron chi connectivity index (χ0n) is 7.52. The SMILES string of the molecule is CCO[Si](C)(C)C(=O)CCN. The molecule has 0 spiro atoms. The van der Waals surface area contributed by atoms with Crippen molar-refractivity contribution in [1.82, 2.24) is 0 Å². The molecule has 4 heteroatoms. The first-order valence-corrected chi connectivity index (χ1v) is 6.82. The van der Waals surface area contributed by atoms with E-state index >= 15 is 0 Å². The van der Waals surface area contributed by atoms with E-state index in [-0.39, 0.29) is 5.41 Å². The Morgan fingerprint density at radius 2 is 2.09 bits per heavy atom. The molecule has 0 heterocycles. The molecular weight excluding hydrogens is 158 g/mol. The standard InChI is InChI=1S/C7H17NO2Si/c1-4-10-11(2,3)7(9)5-6-8/h4-6,8H2,1-3H3. The summed E-state index contributed by atoms with van der Waals surface area (Å²) in [7, 11) is -2.05. The molecule has 0 aromatic heterocycles. The molecule has 2 N–H and O–H groups in total. The first kappa shape index (κ1) is 10.8. The van der Waals surface area contributed by atoms with Gasteiger partial charge < -0.3 is 15.0 Å². The van der Waals surface area contributed by atoms with Gasteiger partial charge in [-0.25, -0.2) is 0 Å². The van der Waals surface area contributed by atoms with Gasteiger partial charge in [-0.05, 0) is 26.6 Å². The monoisotopic (exact) mass is 175 g/mol. The summed E-state index contributed by atoms with van der Waals surface area (Å²) in [6.45, 7) is 6.78. The van der Waals surface area contributed by atoms with Gasteiger partial charge in [0, 0.05) is 13.0 Å². The average Bonchev–Trinajstić information content (AvgIpc) is 1.88. The zero-order valence-corrected chi connectivity index (χ0v) is 8.52. The Morgan fingerprint density at radius 1 is 1.55 bits per heavy atom. The summed E-state index contributed by atoms with van der Waals surface area (Å²) < 4.78 is 5.38. The summed E-state index contributed by atoms with van der Waals surface area (Å²) in [5, 5.41) is 0.210. The van der Waals surface area contributed by atoms with Crippen LogP contribution in [0.1, 0.15) is 13.3 Å². The van der Waals surface area contributed by atoms with Crippen LogP contribution in [-0.2, 0) is 9.22 Å². The lowest BCUT2D eigenvalue weighted by Crippen LogP contribution is -2.42. The van der Waals surface area contributed by atoms with Crippen molar-refractivity contribution in [1.29, 1.82) is 0 Å². The van der Waals surface area contributed by atoms with Crippen molar-refractivity contribution >= 4 is 13.7 Å². The maximum absolute atomic E-state index is 11.3. The van der Waals surface area contributed by atoms with Gasteiger partial charge in [-0.1, -0.05) is 0 Å². The molecule has 0 radical (unpaired) electrons. The number of hydrogen-bond acceptors (Lipinski definition) is 3. The molecule has 0 unspecified atom stereocenters. The average molecular weight is 175 g/mol. The van der Waals surface area contributed by atoms with Crippen molar-refractivity contribution < 1.29 is 9.22 Å². The second-order valence-corrected chi connectivity index (χ2v) is 6.77. The van der Waals surface area contributed by atoms with Crippen LogP contribution in [0, 0.1) is 0 Å². The lowest BCUT2D eigenvalue weighted by Gasteiger charge is -2.19. The molecule has 0 saturated carbocycles. The van der Waals surface area contributed by atoms with E-state index < -0.39 is 8.32 Å². The van der Waals surface area contributed by atoms with E-state index in [1.165, 1.54) is 0 Å². The maximum Gasteiger partial charge on any atom is 0.258 e. The lowest BCUT2D eigenvalue weighted by molar-refractivity contribution is -0.113. The van der Waals surface area contributed by atoms with Gasteiger partial charge in [0.2, 0.25) is 0 Å². The first-order valence-electron chi connectivity index (χ1n) is 3.92. The fourth-order valence-electron chi connectivity index (χ4n) is 0.873. The minimum Gasteiger partial charge on any atom is -0.410 e. The van der Waals surface area contributed by atoms with Crippen molar-refractivity contribution in [3.05, 3.63) is 0 Å². The third-order valence-corrected chi connectivity index (χ3v) is 4.15. The maximum atomic E-state index is 11.3. The highest BCUT2D eigenvalue weighted by Crippen LogP contribution is 2.07. The van der Waals surface area contributed by atoms with Gasteiger partial charge in [-0.3, -0.25) is 0 Å². The summed E-state index contributed by atoms with van der Waals surface area (Å²) in [6.07, 6.45) is 0.458. The van der Waals surface area contributed by atoms with Gasteiger partial charge in [0.05, 0.1) is 0 Å². The van der Waals surface area contributed by atoms with Crippen LogP contribution in [0.3, 0.4) is 0 Å².